The van der Waals surface area contributed by atoms with E-state index in [1.54, 1.807) is 0 Å². The van der Waals surface area contributed by atoms with Crippen molar-refractivity contribution in [2.24, 2.45) is 0 Å². The predicted molar refractivity (Wildman–Crippen MR) is 93.6 cm³/mol. The summed E-state index contributed by atoms with van der Waals surface area (Å²) < 4.78 is 5.64. The number of nitrogens with zero attached hydrogens (tertiary/aromatic N) is 1. The number of amides is 1. The van der Waals surface area contributed by atoms with Gasteiger partial charge in [0.1, 0.15) is 5.75 Å². The van der Waals surface area contributed by atoms with Gasteiger partial charge in [0, 0.05) is 6.54 Å². The SMILES string of the molecule is CCCN1CCCCC1C(=O)NCc1ccc(OC(C)C)cc1. The third kappa shape index (κ3) is 5.54. The molecule has 2 rings (SSSR count). The van der Waals surface area contributed by atoms with E-state index in [4.69, 9.17) is 4.74 Å². The van der Waals surface area contributed by atoms with Crippen LogP contribution in [-0.4, -0.2) is 36.0 Å². The monoisotopic (exact) mass is 318 g/mol. The summed E-state index contributed by atoms with van der Waals surface area (Å²) in [5, 5.41) is 3.10. The molecule has 23 heavy (non-hydrogen) atoms. The molecule has 128 valence electrons. The molecule has 0 aliphatic carbocycles. The van der Waals surface area contributed by atoms with Gasteiger partial charge in [-0.05, 0) is 63.9 Å². The van der Waals surface area contributed by atoms with E-state index in [0.717, 1.165) is 43.7 Å². The van der Waals surface area contributed by atoms with Crippen LogP contribution in [0.2, 0.25) is 0 Å². The van der Waals surface area contributed by atoms with Gasteiger partial charge in [-0.3, -0.25) is 9.69 Å². The fourth-order valence-corrected chi connectivity index (χ4v) is 3.11. The lowest BCUT2D eigenvalue weighted by Crippen LogP contribution is -2.49. The van der Waals surface area contributed by atoms with Crippen LogP contribution in [0.5, 0.6) is 5.75 Å². The molecule has 1 aromatic rings. The molecule has 1 aliphatic heterocycles. The summed E-state index contributed by atoms with van der Waals surface area (Å²) in [6.07, 6.45) is 4.62. The first-order chi connectivity index (χ1) is 11.1. The smallest absolute Gasteiger partial charge is 0.237 e. The Morgan fingerprint density at radius 3 is 2.70 bits per heavy atom. The van der Waals surface area contributed by atoms with E-state index in [2.05, 4.69) is 17.1 Å². The summed E-state index contributed by atoms with van der Waals surface area (Å²) in [6, 6.07) is 8.01. The average Bonchev–Trinajstić information content (AvgIpc) is 2.54. The predicted octanol–water partition coefficient (Wildman–Crippen LogP) is 3.35. The minimum atomic E-state index is 0.0484. The Bertz CT molecular complexity index is 483. The summed E-state index contributed by atoms with van der Waals surface area (Å²) in [5.74, 6) is 1.04. The molecule has 1 N–H and O–H groups in total. The van der Waals surface area contributed by atoms with Crippen molar-refractivity contribution < 1.29 is 9.53 Å². The number of likely N-dealkylation sites (tertiary alicyclic amines) is 1. The van der Waals surface area contributed by atoms with Gasteiger partial charge in [-0.25, -0.2) is 0 Å². The highest BCUT2D eigenvalue weighted by atomic mass is 16.5. The Labute approximate surface area is 140 Å². The van der Waals surface area contributed by atoms with Gasteiger partial charge in [0.25, 0.3) is 0 Å². The number of carbonyl (C=O) groups excluding carboxylic acids is 1. The number of nitrogens with one attached hydrogen (secondary N) is 1. The second-order valence-corrected chi connectivity index (χ2v) is 6.58. The van der Waals surface area contributed by atoms with Crippen LogP contribution < -0.4 is 10.1 Å². The molecule has 1 aromatic carbocycles. The Balaban J connectivity index is 1.85. The molecule has 1 amide bonds. The molecule has 1 fully saturated rings. The number of benzene rings is 1. The molecular formula is C19H30N2O2. The molecule has 0 radical (unpaired) electrons. The van der Waals surface area contributed by atoms with E-state index in [0.29, 0.717) is 6.54 Å². The van der Waals surface area contributed by atoms with E-state index < -0.39 is 0 Å². The third-order valence-corrected chi connectivity index (χ3v) is 4.19. The lowest BCUT2D eigenvalue weighted by molar-refractivity contribution is -0.127. The summed E-state index contributed by atoms with van der Waals surface area (Å²) >= 11 is 0. The molecule has 1 heterocycles. The van der Waals surface area contributed by atoms with Crippen LogP contribution in [0.1, 0.15) is 52.0 Å². The quantitative estimate of drug-likeness (QED) is 0.838. The first kappa shape index (κ1) is 17.8. The summed E-state index contributed by atoms with van der Waals surface area (Å²) in [4.78, 5) is 14.8. The largest absolute Gasteiger partial charge is 0.491 e. The molecule has 1 unspecified atom stereocenters. The zero-order valence-corrected chi connectivity index (χ0v) is 14.7. The Kier molecular flexibility index (Phi) is 6.90. The highest BCUT2D eigenvalue weighted by Crippen LogP contribution is 2.18. The van der Waals surface area contributed by atoms with E-state index >= 15 is 0 Å². The molecule has 4 nitrogen and oxygen atoms in total. The molecule has 0 bridgehead atoms. The number of rotatable bonds is 7. The first-order valence-corrected chi connectivity index (χ1v) is 8.87. The molecule has 4 heteroatoms. The van der Waals surface area contributed by atoms with Crippen molar-refractivity contribution >= 4 is 5.91 Å². The second-order valence-electron chi connectivity index (χ2n) is 6.58. The van der Waals surface area contributed by atoms with Gasteiger partial charge in [0.2, 0.25) is 5.91 Å². The lowest BCUT2D eigenvalue weighted by atomic mass is 10.0. The van der Waals surface area contributed by atoms with Crippen molar-refractivity contribution in [2.45, 2.75) is 65.1 Å². The first-order valence-electron chi connectivity index (χ1n) is 8.87. The van der Waals surface area contributed by atoms with E-state index in [1.807, 2.05) is 38.1 Å². The highest BCUT2D eigenvalue weighted by molar-refractivity contribution is 5.81. The van der Waals surface area contributed by atoms with Crippen LogP contribution in [0.25, 0.3) is 0 Å². The maximum absolute atomic E-state index is 12.5. The van der Waals surface area contributed by atoms with Gasteiger partial charge < -0.3 is 10.1 Å². The van der Waals surface area contributed by atoms with E-state index in [1.165, 1.54) is 6.42 Å². The van der Waals surface area contributed by atoms with E-state index in [9.17, 15) is 4.79 Å². The molecule has 0 saturated carbocycles. The van der Waals surface area contributed by atoms with Gasteiger partial charge >= 0.3 is 0 Å². The van der Waals surface area contributed by atoms with Gasteiger partial charge in [-0.2, -0.15) is 0 Å². The van der Waals surface area contributed by atoms with Crippen LogP contribution in [0.3, 0.4) is 0 Å². The highest BCUT2D eigenvalue weighted by Gasteiger charge is 2.27. The fourth-order valence-electron chi connectivity index (χ4n) is 3.11. The van der Waals surface area contributed by atoms with Crippen LogP contribution >= 0.6 is 0 Å². The lowest BCUT2D eigenvalue weighted by Gasteiger charge is -2.34. The molecule has 0 spiro atoms. The van der Waals surface area contributed by atoms with Crippen LogP contribution in [-0.2, 0) is 11.3 Å². The minimum absolute atomic E-state index is 0.0484. The molecule has 1 aliphatic rings. The van der Waals surface area contributed by atoms with E-state index in [-0.39, 0.29) is 18.1 Å². The van der Waals surface area contributed by atoms with Crippen molar-refractivity contribution in [1.29, 1.82) is 0 Å². The van der Waals surface area contributed by atoms with Crippen LogP contribution in [0, 0.1) is 0 Å². The van der Waals surface area contributed by atoms with Gasteiger partial charge in [-0.1, -0.05) is 25.5 Å². The standard InChI is InChI=1S/C19H30N2O2/c1-4-12-21-13-6-5-7-18(21)19(22)20-14-16-8-10-17(11-9-16)23-15(2)3/h8-11,15,18H,4-7,12-14H2,1-3H3,(H,20,22). The maximum atomic E-state index is 12.5. The fraction of sp³-hybridized carbons (Fsp3) is 0.632. The van der Waals surface area contributed by atoms with Crippen LogP contribution in [0.4, 0.5) is 0 Å². The Morgan fingerprint density at radius 2 is 2.04 bits per heavy atom. The van der Waals surface area contributed by atoms with Gasteiger partial charge in [0.15, 0.2) is 0 Å². The molecule has 0 aromatic heterocycles. The average molecular weight is 318 g/mol. The number of hydrogen-bond acceptors (Lipinski definition) is 3. The summed E-state index contributed by atoms with van der Waals surface area (Å²) in [6.45, 7) is 8.84. The number of piperidine rings is 1. The molecule has 1 atom stereocenters. The Hall–Kier alpha value is -1.55. The van der Waals surface area contributed by atoms with Crippen molar-refractivity contribution in [1.82, 2.24) is 10.2 Å². The zero-order chi connectivity index (χ0) is 16.7. The normalized spacial score (nSPS) is 18.9. The zero-order valence-electron chi connectivity index (χ0n) is 14.7. The topological polar surface area (TPSA) is 41.6 Å². The summed E-state index contributed by atoms with van der Waals surface area (Å²) in [7, 11) is 0. The van der Waals surface area contributed by atoms with Crippen molar-refractivity contribution in [3.05, 3.63) is 29.8 Å². The minimum Gasteiger partial charge on any atom is -0.491 e. The number of ether oxygens (including phenoxy) is 1. The molecular weight excluding hydrogens is 288 g/mol. The second kappa shape index (κ2) is 8.92. The molecule has 1 saturated heterocycles. The Morgan fingerprint density at radius 1 is 1.30 bits per heavy atom. The maximum Gasteiger partial charge on any atom is 0.237 e. The number of hydrogen-bond donors (Lipinski definition) is 1. The third-order valence-electron chi connectivity index (χ3n) is 4.19. The van der Waals surface area contributed by atoms with Gasteiger partial charge in [-0.15, -0.1) is 0 Å². The van der Waals surface area contributed by atoms with Crippen molar-refractivity contribution in [3.63, 3.8) is 0 Å². The van der Waals surface area contributed by atoms with Crippen molar-refractivity contribution in [3.8, 4) is 5.75 Å². The summed E-state index contributed by atoms with van der Waals surface area (Å²) in [5.41, 5.74) is 1.10. The number of carbonyl (C=O) groups is 1. The van der Waals surface area contributed by atoms with Crippen LogP contribution in [0.15, 0.2) is 24.3 Å². The van der Waals surface area contributed by atoms with Crippen molar-refractivity contribution in [2.75, 3.05) is 13.1 Å². The van der Waals surface area contributed by atoms with Gasteiger partial charge in [0.05, 0.1) is 12.1 Å².